The molecule has 0 radical (unpaired) electrons. The van der Waals surface area contributed by atoms with Crippen LogP contribution in [0.2, 0.25) is 0 Å². The number of hydrogen-bond acceptors (Lipinski definition) is 13. The second-order valence-corrected chi connectivity index (χ2v) is 15.8. The van der Waals surface area contributed by atoms with Crippen molar-refractivity contribution in [3.05, 3.63) is 121 Å². The average Bonchev–Trinajstić information content (AvgIpc) is 3.68. The van der Waals surface area contributed by atoms with Gasteiger partial charge in [0.1, 0.15) is 36.4 Å². The summed E-state index contributed by atoms with van der Waals surface area (Å²) in [6.07, 6.45) is 21.3. The highest BCUT2D eigenvalue weighted by Crippen LogP contribution is 2.28. The number of methoxy groups -OCH3 is 1. The molecule has 0 aliphatic carbocycles. The topological polar surface area (TPSA) is 201 Å². The predicted molar refractivity (Wildman–Crippen MR) is 230 cm³/mol. The molecule has 1 saturated heterocycles. The molecular weight excluding hydrogens is 771 g/mol. The number of nitrogens with zero attached hydrogens (tertiary/aromatic N) is 1. The van der Waals surface area contributed by atoms with Crippen LogP contribution in [0.5, 0.6) is 0 Å². The molecule has 15 atom stereocenters. The SMILES string of the molecule is COC1CC(O)\C=C/C=C\C=C/C(C)C(C(C)C(O)CC(C)O)OC(=O)\C=C/C=C\C=C/C(C)=C\C(C)C(O[C@@H]2O[C@H](C)[C@@H](O)[C@H](O)[C@H]2O)/C=C\C=C/c2coc(n2)C1C. The molecule has 0 spiro atoms. The molecule has 2 bridgehead atoms. The van der Waals surface area contributed by atoms with Gasteiger partial charge in [-0.2, -0.15) is 0 Å². The minimum Gasteiger partial charge on any atom is -0.458 e. The van der Waals surface area contributed by atoms with Gasteiger partial charge in [-0.15, -0.1) is 0 Å². The van der Waals surface area contributed by atoms with Crippen LogP contribution in [0.3, 0.4) is 0 Å². The van der Waals surface area contributed by atoms with Crippen molar-refractivity contribution in [2.24, 2.45) is 17.8 Å². The van der Waals surface area contributed by atoms with Gasteiger partial charge < -0.3 is 54.0 Å². The van der Waals surface area contributed by atoms with Crippen LogP contribution in [0.4, 0.5) is 0 Å². The molecule has 2 aliphatic rings. The molecule has 1 aromatic rings. The first-order valence-corrected chi connectivity index (χ1v) is 20.7. The second-order valence-electron chi connectivity index (χ2n) is 15.8. The van der Waals surface area contributed by atoms with Crippen LogP contribution in [0.25, 0.3) is 6.08 Å². The summed E-state index contributed by atoms with van der Waals surface area (Å²) >= 11 is 0. The molecule has 1 fully saturated rings. The third-order valence-corrected chi connectivity index (χ3v) is 10.6. The monoisotopic (exact) mass is 837 g/mol. The zero-order valence-electron chi connectivity index (χ0n) is 36.0. The van der Waals surface area contributed by atoms with E-state index in [4.69, 9.17) is 23.4 Å². The summed E-state index contributed by atoms with van der Waals surface area (Å²) in [6, 6.07) is 0. The quantitative estimate of drug-likeness (QED) is 0.186. The molecular formula is C47H67NO12. The maximum Gasteiger partial charge on any atom is 0.331 e. The van der Waals surface area contributed by atoms with E-state index in [9.17, 15) is 35.4 Å². The molecule has 3 rings (SSSR count). The Balaban J connectivity index is 1.93. The zero-order chi connectivity index (χ0) is 44.4. The number of esters is 1. The summed E-state index contributed by atoms with van der Waals surface area (Å²) in [4.78, 5) is 17.6. The smallest absolute Gasteiger partial charge is 0.331 e. The van der Waals surface area contributed by atoms with Gasteiger partial charge in [-0.25, -0.2) is 9.78 Å². The van der Waals surface area contributed by atoms with Crippen LogP contribution in [-0.2, 0) is 23.7 Å². The minimum absolute atomic E-state index is 0.131. The molecule has 2 aliphatic heterocycles. The Labute approximate surface area is 355 Å². The summed E-state index contributed by atoms with van der Waals surface area (Å²) in [6.45, 7) is 12.6. The number of rotatable bonds is 7. The van der Waals surface area contributed by atoms with Crippen LogP contribution in [0, 0.1) is 17.8 Å². The highest BCUT2D eigenvalue weighted by Gasteiger charge is 2.43. The van der Waals surface area contributed by atoms with Gasteiger partial charge in [0.2, 0.25) is 0 Å². The van der Waals surface area contributed by atoms with Gasteiger partial charge in [-0.05, 0) is 33.3 Å². The number of aromatic nitrogens is 1. The van der Waals surface area contributed by atoms with Crippen LogP contribution in [-0.4, -0.2) is 116 Å². The molecule has 1 aromatic heterocycles. The lowest BCUT2D eigenvalue weighted by Crippen LogP contribution is -2.58. The van der Waals surface area contributed by atoms with Crippen LogP contribution in [0.1, 0.15) is 78.8 Å². The highest BCUT2D eigenvalue weighted by molar-refractivity contribution is 5.82. The third-order valence-electron chi connectivity index (χ3n) is 10.6. The van der Waals surface area contributed by atoms with Gasteiger partial charge in [0.25, 0.3) is 0 Å². The lowest BCUT2D eigenvalue weighted by Gasteiger charge is -2.40. The van der Waals surface area contributed by atoms with Crippen LogP contribution >= 0.6 is 0 Å². The Morgan fingerprint density at radius 3 is 2.12 bits per heavy atom. The first kappa shape index (κ1) is 50.3. The lowest BCUT2D eigenvalue weighted by molar-refractivity contribution is -0.302. The normalized spacial score (nSPS) is 38.6. The molecule has 3 heterocycles. The Morgan fingerprint density at radius 1 is 0.800 bits per heavy atom. The highest BCUT2D eigenvalue weighted by atomic mass is 16.7. The van der Waals surface area contributed by atoms with Gasteiger partial charge >= 0.3 is 5.97 Å². The van der Waals surface area contributed by atoms with E-state index in [-0.39, 0.29) is 30.6 Å². The zero-order valence-corrected chi connectivity index (χ0v) is 36.0. The average molecular weight is 838 g/mol. The number of cyclic esters (lactones) is 1. The van der Waals surface area contributed by atoms with Crippen molar-refractivity contribution < 1.29 is 58.8 Å². The standard InChI is InChI=1S/C47H67NO12/c1-29-19-13-9-12-16-24-41(52)60-45(33(5)38(51)26-32(4)49)30(2)20-14-10-11-15-22-37(50)27-40(56-8)34(6)46-48-36(28-57-46)21-17-18-23-39(31(3)25-29)59-47-44(55)43(54)42(53)35(7)58-47/h9-25,28,30-35,37-40,42-45,47,49-51,53-55H,26-27H2,1-8H3/b11-10-,12-9-,19-13-,20-14-,21-17-,22-15-,23-18-,24-16-,29-25-/t30?,31?,32?,33?,34?,35-,37?,38?,39?,40?,42-,43+,44-,45?,47+/m1/s1. The molecule has 332 valence electrons. The Kier molecular flexibility index (Phi) is 21.5. The van der Waals surface area contributed by atoms with E-state index < -0.39 is 79.2 Å². The number of allylic oxidation sites excluding steroid dienone is 12. The summed E-state index contributed by atoms with van der Waals surface area (Å²) in [7, 11) is 1.57. The van der Waals surface area contributed by atoms with Gasteiger partial charge in [0.15, 0.2) is 12.2 Å². The van der Waals surface area contributed by atoms with E-state index in [0.717, 1.165) is 5.57 Å². The van der Waals surface area contributed by atoms with Crippen molar-refractivity contribution in [3.8, 4) is 0 Å². The fraction of sp³-hybridized carbons (Fsp3) is 0.532. The van der Waals surface area contributed by atoms with Crippen molar-refractivity contribution >= 4 is 12.0 Å². The van der Waals surface area contributed by atoms with Crippen molar-refractivity contribution in [1.82, 2.24) is 4.98 Å². The van der Waals surface area contributed by atoms with E-state index in [0.29, 0.717) is 11.6 Å². The largest absolute Gasteiger partial charge is 0.458 e. The van der Waals surface area contributed by atoms with Gasteiger partial charge in [-0.1, -0.05) is 124 Å². The molecule has 10 unspecified atom stereocenters. The number of oxazole rings is 1. The van der Waals surface area contributed by atoms with Crippen molar-refractivity contribution in [2.75, 3.05) is 7.11 Å². The Morgan fingerprint density at radius 2 is 1.43 bits per heavy atom. The number of hydrogen-bond donors (Lipinski definition) is 6. The number of ether oxygens (including phenoxy) is 4. The molecule has 0 amide bonds. The number of carbonyl (C=O) groups excluding carboxylic acids is 1. The maximum absolute atomic E-state index is 13.0. The Hall–Kier alpha value is -4.02. The van der Waals surface area contributed by atoms with E-state index in [1.165, 1.54) is 12.3 Å². The third kappa shape index (κ3) is 16.4. The van der Waals surface area contributed by atoms with Crippen LogP contribution in [0.15, 0.2) is 113 Å². The summed E-state index contributed by atoms with van der Waals surface area (Å²) in [5.74, 6) is -1.45. The number of carbonyl (C=O) groups is 1. The molecule has 6 N–H and O–H groups in total. The van der Waals surface area contributed by atoms with Crippen LogP contribution < -0.4 is 0 Å². The molecule has 0 saturated carbocycles. The van der Waals surface area contributed by atoms with E-state index in [2.05, 4.69) is 4.98 Å². The van der Waals surface area contributed by atoms with E-state index >= 15 is 0 Å². The van der Waals surface area contributed by atoms with E-state index in [1.54, 1.807) is 94.7 Å². The van der Waals surface area contributed by atoms with E-state index in [1.807, 2.05) is 58.1 Å². The van der Waals surface area contributed by atoms with Crippen molar-refractivity contribution in [3.63, 3.8) is 0 Å². The summed E-state index contributed by atoms with van der Waals surface area (Å²) in [5, 5.41) is 62.8. The fourth-order valence-electron chi connectivity index (χ4n) is 6.87. The lowest BCUT2D eigenvalue weighted by atomic mass is 9.86. The fourth-order valence-corrected chi connectivity index (χ4v) is 6.87. The molecule has 13 heteroatoms. The number of aliphatic hydroxyl groups excluding tert-OH is 6. The molecule has 13 nitrogen and oxygen atoms in total. The van der Waals surface area contributed by atoms with Crippen molar-refractivity contribution in [2.45, 2.75) is 135 Å². The van der Waals surface area contributed by atoms with Gasteiger partial charge in [0.05, 0.1) is 42.5 Å². The second kappa shape index (κ2) is 25.7. The molecule has 60 heavy (non-hydrogen) atoms. The first-order chi connectivity index (χ1) is 28.5. The summed E-state index contributed by atoms with van der Waals surface area (Å²) in [5.41, 5.74) is 1.46. The molecule has 0 aromatic carbocycles. The predicted octanol–water partition coefficient (Wildman–Crippen LogP) is 5.58. The number of fused-ring (bicyclic) bond motifs is 2. The number of aliphatic hydroxyl groups is 6. The minimum atomic E-state index is -1.48. The van der Waals surface area contributed by atoms with Gasteiger partial charge in [-0.3, -0.25) is 0 Å². The Bertz CT molecular complexity index is 1720. The maximum atomic E-state index is 13.0. The first-order valence-electron chi connectivity index (χ1n) is 20.7. The van der Waals surface area contributed by atoms with Gasteiger partial charge in [0, 0.05) is 37.4 Å². The van der Waals surface area contributed by atoms with Crippen molar-refractivity contribution in [1.29, 1.82) is 0 Å². The summed E-state index contributed by atoms with van der Waals surface area (Å²) < 4.78 is 29.3.